The molecule has 0 aliphatic heterocycles. The van der Waals surface area contributed by atoms with Crippen LogP contribution >= 0.6 is 12.2 Å². The van der Waals surface area contributed by atoms with E-state index in [1.54, 1.807) is 0 Å². The Morgan fingerprint density at radius 2 is 2.25 bits per heavy atom. The Bertz CT molecular complexity index is 39.0. The van der Waals surface area contributed by atoms with E-state index in [1.165, 1.54) is 0 Å². The number of nitrogens with one attached hydrogen (secondary N) is 2. The molecule has 3 N–H and O–H groups in total. The molecule has 0 spiro atoms. The molecule has 0 saturated heterocycles. The van der Waals surface area contributed by atoms with Crippen molar-refractivity contribution in [3.05, 3.63) is 0 Å². The van der Waals surface area contributed by atoms with Crippen molar-refractivity contribution in [3.63, 3.8) is 0 Å². The molecule has 0 unspecified atom stereocenters. The van der Waals surface area contributed by atoms with E-state index < -0.39 is 0 Å². The van der Waals surface area contributed by atoms with Crippen molar-refractivity contribution in [1.82, 2.24) is 10.0 Å². The van der Waals surface area contributed by atoms with Crippen LogP contribution in [0, 0.1) is 0 Å². The van der Waals surface area contributed by atoms with E-state index in [9.17, 15) is 0 Å². The molecule has 0 aromatic rings. The molecule has 0 fully saturated rings. The van der Waals surface area contributed by atoms with Crippen LogP contribution in [0.3, 0.4) is 0 Å². The van der Waals surface area contributed by atoms with Crippen molar-refractivity contribution in [1.29, 1.82) is 0 Å². The molecule has 0 bridgehead atoms. The first-order valence-electron chi connectivity index (χ1n) is 2.59. The lowest BCUT2D eigenvalue weighted by atomic mass is 10.4. The first-order valence-corrected chi connectivity index (χ1v) is 3.37. The molecular weight excluding hydrogens is 124 g/mol. The second kappa shape index (κ2) is 7.23. The van der Waals surface area contributed by atoms with Crippen LogP contribution in [0.2, 0.25) is 0 Å². The van der Waals surface area contributed by atoms with Crippen LogP contribution in [0.25, 0.3) is 0 Å². The quantitative estimate of drug-likeness (QED) is 0.289. The third kappa shape index (κ3) is 6.23. The normalized spacial score (nSPS) is 9.75. The predicted molar refractivity (Wildman–Crippen MR) is 36.8 cm³/mol. The standard InChI is InChI=1S/C4H12N2OS/c1-5-3-2-4-6-8-7/h5-7H,2-4H2,1H3. The predicted octanol–water partition coefficient (Wildman–Crippen LogP) is 0.307. The van der Waals surface area contributed by atoms with Crippen molar-refractivity contribution >= 4 is 12.2 Å². The molecule has 0 radical (unpaired) electrons. The van der Waals surface area contributed by atoms with Gasteiger partial charge >= 0.3 is 0 Å². The Morgan fingerprint density at radius 1 is 1.50 bits per heavy atom. The lowest BCUT2D eigenvalue weighted by Gasteiger charge is -1.96. The Balaban J connectivity index is 2.53. The largest absolute Gasteiger partial charge is 0.320 e. The molecule has 8 heavy (non-hydrogen) atoms. The summed E-state index contributed by atoms with van der Waals surface area (Å²) < 4.78 is 10.9. The molecule has 0 aromatic carbocycles. The summed E-state index contributed by atoms with van der Waals surface area (Å²) in [5.74, 6) is 0. The monoisotopic (exact) mass is 136 g/mol. The van der Waals surface area contributed by atoms with Crippen LogP contribution in [0.5, 0.6) is 0 Å². The maximum absolute atomic E-state index is 8.15. The Hall–Kier alpha value is 0.230. The van der Waals surface area contributed by atoms with Gasteiger partial charge in [0, 0.05) is 6.54 Å². The molecule has 0 amide bonds. The molecule has 0 saturated carbocycles. The fourth-order valence-corrected chi connectivity index (χ4v) is 0.619. The molecule has 0 rings (SSSR count). The maximum atomic E-state index is 8.15. The lowest BCUT2D eigenvalue weighted by Crippen LogP contribution is -2.14. The molecule has 0 aromatic heterocycles. The topological polar surface area (TPSA) is 44.3 Å². The van der Waals surface area contributed by atoms with Gasteiger partial charge in [0.2, 0.25) is 0 Å². The van der Waals surface area contributed by atoms with Crippen LogP contribution in [-0.2, 0) is 0 Å². The van der Waals surface area contributed by atoms with E-state index in [0.717, 1.165) is 19.5 Å². The van der Waals surface area contributed by atoms with E-state index in [2.05, 4.69) is 10.0 Å². The van der Waals surface area contributed by atoms with Gasteiger partial charge in [0.15, 0.2) is 0 Å². The molecule has 0 aliphatic carbocycles. The maximum Gasteiger partial charge on any atom is 0.0759 e. The highest BCUT2D eigenvalue weighted by Crippen LogP contribution is 1.80. The molecule has 0 heterocycles. The van der Waals surface area contributed by atoms with Crippen LogP contribution in [-0.4, -0.2) is 24.7 Å². The van der Waals surface area contributed by atoms with Gasteiger partial charge in [-0.15, -0.1) is 0 Å². The summed E-state index contributed by atoms with van der Waals surface area (Å²) in [6.45, 7) is 1.84. The van der Waals surface area contributed by atoms with Crippen LogP contribution in [0.1, 0.15) is 6.42 Å². The van der Waals surface area contributed by atoms with E-state index in [1.807, 2.05) is 7.05 Å². The smallest absolute Gasteiger partial charge is 0.0759 e. The molecule has 0 aliphatic rings. The zero-order valence-electron chi connectivity index (χ0n) is 4.98. The van der Waals surface area contributed by atoms with Crippen molar-refractivity contribution in [2.75, 3.05) is 20.1 Å². The van der Waals surface area contributed by atoms with Gasteiger partial charge in [-0.05, 0) is 20.0 Å². The van der Waals surface area contributed by atoms with Gasteiger partial charge in [-0.3, -0.25) is 0 Å². The van der Waals surface area contributed by atoms with Crippen molar-refractivity contribution < 1.29 is 4.55 Å². The zero-order valence-corrected chi connectivity index (χ0v) is 5.79. The Morgan fingerprint density at radius 3 is 2.75 bits per heavy atom. The summed E-state index contributed by atoms with van der Waals surface area (Å²) in [6.07, 6.45) is 1.05. The molecule has 50 valence electrons. The van der Waals surface area contributed by atoms with Gasteiger partial charge in [0.25, 0.3) is 0 Å². The summed E-state index contributed by atoms with van der Waals surface area (Å²) in [7, 11) is 1.91. The van der Waals surface area contributed by atoms with Gasteiger partial charge in [0.1, 0.15) is 0 Å². The SMILES string of the molecule is CNCCCNSO. The fourth-order valence-electron chi connectivity index (χ4n) is 0.383. The van der Waals surface area contributed by atoms with Crippen molar-refractivity contribution in [2.24, 2.45) is 0 Å². The van der Waals surface area contributed by atoms with E-state index in [0.29, 0.717) is 12.2 Å². The lowest BCUT2D eigenvalue weighted by molar-refractivity contribution is 0.639. The average Bonchev–Trinajstić information content (AvgIpc) is 1.81. The van der Waals surface area contributed by atoms with Gasteiger partial charge in [-0.2, -0.15) is 0 Å². The summed E-state index contributed by atoms with van der Waals surface area (Å²) in [5, 5.41) is 3.00. The van der Waals surface area contributed by atoms with Crippen LogP contribution in [0.4, 0.5) is 0 Å². The number of hydrogen-bond acceptors (Lipinski definition) is 4. The molecular formula is C4H12N2OS. The first-order chi connectivity index (χ1) is 3.91. The second-order valence-corrected chi connectivity index (χ2v) is 1.91. The summed E-state index contributed by atoms with van der Waals surface area (Å²) in [4.78, 5) is 0. The van der Waals surface area contributed by atoms with E-state index in [4.69, 9.17) is 4.55 Å². The van der Waals surface area contributed by atoms with Crippen LogP contribution < -0.4 is 10.0 Å². The highest BCUT2D eigenvalue weighted by Gasteiger charge is 1.81. The van der Waals surface area contributed by atoms with Crippen molar-refractivity contribution in [3.8, 4) is 0 Å². The highest BCUT2D eigenvalue weighted by atomic mass is 32.2. The number of rotatable bonds is 5. The highest BCUT2D eigenvalue weighted by molar-refractivity contribution is 7.91. The minimum Gasteiger partial charge on any atom is -0.320 e. The summed E-state index contributed by atoms with van der Waals surface area (Å²) in [5.41, 5.74) is 0. The Labute approximate surface area is 54.2 Å². The van der Waals surface area contributed by atoms with E-state index in [-0.39, 0.29) is 0 Å². The summed E-state index contributed by atoms with van der Waals surface area (Å²) in [6, 6.07) is 0. The van der Waals surface area contributed by atoms with Gasteiger partial charge < -0.3 is 9.87 Å². The van der Waals surface area contributed by atoms with Gasteiger partial charge in [-0.1, -0.05) is 0 Å². The van der Waals surface area contributed by atoms with E-state index >= 15 is 0 Å². The molecule has 0 atom stereocenters. The number of hydrogen-bond donors (Lipinski definition) is 3. The van der Waals surface area contributed by atoms with Gasteiger partial charge in [0.05, 0.1) is 12.2 Å². The first kappa shape index (κ1) is 8.23. The molecule has 3 nitrogen and oxygen atoms in total. The average molecular weight is 136 g/mol. The van der Waals surface area contributed by atoms with Crippen molar-refractivity contribution in [2.45, 2.75) is 6.42 Å². The Kier molecular flexibility index (Phi) is 7.44. The third-order valence-corrected chi connectivity index (χ3v) is 1.10. The second-order valence-electron chi connectivity index (χ2n) is 1.44. The third-order valence-electron chi connectivity index (χ3n) is 0.770. The zero-order chi connectivity index (χ0) is 6.24. The minimum atomic E-state index is 0.674. The van der Waals surface area contributed by atoms with Crippen LogP contribution in [0.15, 0.2) is 0 Å². The minimum absolute atomic E-state index is 0.674. The summed E-state index contributed by atoms with van der Waals surface area (Å²) >= 11 is 0.674. The molecule has 4 heteroatoms. The fraction of sp³-hybridized carbons (Fsp3) is 1.00. The van der Waals surface area contributed by atoms with Gasteiger partial charge in [-0.25, -0.2) is 4.72 Å².